The normalized spacial score (nSPS) is 12.4. The first kappa shape index (κ1) is 17.4. The SMILES string of the molecule is CNCc1cc(S(=O)(=O)N(C)CC(C)C)cc(F)c1Cl. The minimum absolute atomic E-state index is 0.0511. The second-order valence-electron chi connectivity index (χ2n) is 5.09. The van der Waals surface area contributed by atoms with E-state index in [-0.39, 0.29) is 15.8 Å². The van der Waals surface area contributed by atoms with Crippen LogP contribution in [-0.4, -0.2) is 33.4 Å². The standard InChI is InChI=1S/C13H20ClFN2O2S/c1-9(2)8-17(4)20(18,19)11-5-10(7-16-3)13(14)12(15)6-11/h5-6,9,16H,7-8H2,1-4H3. The van der Waals surface area contributed by atoms with Gasteiger partial charge in [0.1, 0.15) is 5.82 Å². The van der Waals surface area contributed by atoms with E-state index in [1.807, 2.05) is 13.8 Å². The molecule has 0 saturated carbocycles. The Morgan fingerprint density at radius 3 is 2.50 bits per heavy atom. The lowest BCUT2D eigenvalue weighted by atomic mass is 10.2. The van der Waals surface area contributed by atoms with Gasteiger partial charge in [0, 0.05) is 20.1 Å². The monoisotopic (exact) mass is 322 g/mol. The molecule has 0 unspecified atom stereocenters. The van der Waals surface area contributed by atoms with E-state index in [9.17, 15) is 12.8 Å². The summed E-state index contributed by atoms with van der Waals surface area (Å²) in [6, 6.07) is 2.38. The molecule has 1 aromatic rings. The summed E-state index contributed by atoms with van der Waals surface area (Å²) in [5.74, 6) is -0.542. The summed E-state index contributed by atoms with van der Waals surface area (Å²) in [5.41, 5.74) is 0.422. The van der Waals surface area contributed by atoms with Crippen LogP contribution in [0.5, 0.6) is 0 Å². The first-order valence-corrected chi connectivity index (χ1v) is 8.10. The van der Waals surface area contributed by atoms with Crippen molar-refractivity contribution in [3.05, 3.63) is 28.5 Å². The minimum Gasteiger partial charge on any atom is -0.316 e. The molecule has 1 N–H and O–H groups in total. The van der Waals surface area contributed by atoms with Gasteiger partial charge in [0.2, 0.25) is 10.0 Å². The maximum Gasteiger partial charge on any atom is 0.242 e. The van der Waals surface area contributed by atoms with Crippen LogP contribution in [0.4, 0.5) is 4.39 Å². The molecule has 0 spiro atoms. The molecule has 7 heteroatoms. The first-order chi connectivity index (χ1) is 9.20. The third kappa shape index (κ3) is 3.91. The molecule has 1 rings (SSSR count). The highest BCUT2D eigenvalue weighted by Gasteiger charge is 2.24. The molecule has 1 aromatic carbocycles. The van der Waals surface area contributed by atoms with Gasteiger partial charge >= 0.3 is 0 Å². The quantitative estimate of drug-likeness (QED) is 0.875. The van der Waals surface area contributed by atoms with Gasteiger partial charge in [0.25, 0.3) is 0 Å². The number of halogens is 2. The number of hydrogen-bond donors (Lipinski definition) is 1. The zero-order valence-corrected chi connectivity index (χ0v) is 13.6. The predicted octanol–water partition coefficient (Wildman–Crippen LogP) is 2.48. The van der Waals surface area contributed by atoms with E-state index in [4.69, 9.17) is 11.6 Å². The fourth-order valence-corrected chi connectivity index (χ4v) is 3.45. The third-order valence-electron chi connectivity index (χ3n) is 2.77. The number of nitrogens with zero attached hydrogens (tertiary/aromatic N) is 1. The number of nitrogens with one attached hydrogen (secondary N) is 1. The third-order valence-corrected chi connectivity index (χ3v) is 5.00. The molecule has 0 aliphatic heterocycles. The topological polar surface area (TPSA) is 49.4 Å². The van der Waals surface area contributed by atoms with Crippen molar-refractivity contribution in [3.8, 4) is 0 Å². The van der Waals surface area contributed by atoms with Crippen LogP contribution in [0, 0.1) is 11.7 Å². The zero-order chi connectivity index (χ0) is 15.5. The molecule has 0 aliphatic rings. The molecule has 20 heavy (non-hydrogen) atoms. The van der Waals surface area contributed by atoms with Crippen molar-refractivity contribution in [1.29, 1.82) is 0 Å². The highest BCUT2D eigenvalue weighted by Crippen LogP contribution is 2.26. The van der Waals surface area contributed by atoms with E-state index < -0.39 is 15.8 Å². The van der Waals surface area contributed by atoms with Gasteiger partial charge in [-0.25, -0.2) is 17.1 Å². The van der Waals surface area contributed by atoms with Crippen molar-refractivity contribution >= 4 is 21.6 Å². The molecule has 0 radical (unpaired) electrons. The van der Waals surface area contributed by atoms with Crippen LogP contribution in [0.15, 0.2) is 17.0 Å². The van der Waals surface area contributed by atoms with Crippen LogP contribution in [0.25, 0.3) is 0 Å². The number of benzene rings is 1. The maximum absolute atomic E-state index is 13.8. The van der Waals surface area contributed by atoms with Gasteiger partial charge in [-0.05, 0) is 30.7 Å². The average Bonchev–Trinajstić information content (AvgIpc) is 2.33. The molecule has 0 fully saturated rings. The van der Waals surface area contributed by atoms with Crippen molar-refractivity contribution in [1.82, 2.24) is 9.62 Å². The second kappa shape index (κ2) is 6.85. The van der Waals surface area contributed by atoms with Crippen LogP contribution < -0.4 is 5.32 Å². The maximum atomic E-state index is 13.8. The Bertz CT molecular complexity index is 576. The largest absolute Gasteiger partial charge is 0.316 e. The molecule has 0 aliphatic carbocycles. The summed E-state index contributed by atoms with van der Waals surface area (Å²) < 4.78 is 39.8. The minimum atomic E-state index is -3.71. The van der Waals surface area contributed by atoms with Gasteiger partial charge in [-0.3, -0.25) is 0 Å². The van der Waals surface area contributed by atoms with Crippen molar-refractivity contribution in [2.45, 2.75) is 25.3 Å². The molecule has 0 saturated heterocycles. The Morgan fingerprint density at radius 1 is 1.40 bits per heavy atom. The first-order valence-electron chi connectivity index (χ1n) is 6.29. The molecule has 114 valence electrons. The summed E-state index contributed by atoms with van der Waals surface area (Å²) in [4.78, 5) is -0.0761. The van der Waals surface area contributed by atoms with Gasteiger partial charge in [-0.15, -0.1) is 0 Å². The molecule has 0 atom stereocenters. The van der Waals surface area contributed by atoms with E-state index in [1.165, 1.54) is 17.4 Å². The van der Waals surface area contributed by atoms with Crippen LogP contribution >= 0.6 is 11.6 Å². The predicted molar refractivity (Wildman–Crippen MR) is 78.8 cm³/mol. The Morgan fingerprint density at radius 2 is 2.00 bits per heavy atom. The van der Waals surface area contributed by atoms with E-state index in [1.54, 1.807) is 7.05 Å². The molecule has 4 nitrogen and oxygen atoms in total. The smallest absolute Gasteiger partial charge is 0.242 e. The van der Waals surface area contributed by atoms with Crippen molar-refractivity contribution < 1.29 is 12.8 Å². The Balaban J connectivity index is 3.25. The van der Waals surface area contributed by atoms with Gasteiger partial charge in [0.15, 0.2) is 0 Å². The van der Waals surface area contributed by atoms with Gasteiger partial charge < -0.3 is 5.32 Å². The molecule has 0 amide bonds. The molecular weight excluding hydrogens is 303 g/mol. The highest BCUT2D eigenvalue weighted by molar-refractivity contribution is 7.89. The number of hydrogen-bond acceptors (Lipinski definition) is 3. The van der Waals surface area contributed by atoms with Crippen LogP contribution in [0.2, 0.25) is 5.02 Å². The summed E-state index contributed by atoms with van der Waals surface area (Å²) >= 11 is 5.83. The van der Waals surface area contributed by atoms with Crippen LogP contribution in [-0.2, 0) is 16.6 Å². The molecule has 0 heterocycles. The Labute approximate surface area is 125 Å². The lowest BCUT2D eigenvalue weighted by molar-refractivity contribution is 0.417. The summed E-state index contributed by atoms with van der Waals surface area (Å²) in [7, 11) is -0.541. The van der Waals surface area contributed by atoms with Crippen LogP contribution in [0.3, 0.4) is 0 Å². The van der Waals surface area contributed by atoms with Crippen molar-refractivity contribution in [2.24, 2.45) is 5.92 Å². The fraction of sp³-hybridized carbons (Fsp3) is 0.538. The lowest BCUT2D eigenvalue weighted by Gasteiger charge is -2.20. The van der Waals surface area contributed by atoms with Gasteiger partial charge in [-0.1, -0.05) is 25.4 Å². The van der Waals surface area contributed by atoms with E-state index >= 15 is 0 Å². The summed E-state index contributed by atoms with van der Waals surface area (Å²) in [6.45, 7) is 4.50. The molecule has 0 bridgehead atoms. The Hall–Kier alpha value is -0.690. The van der Waals surface area contributed by atoms with E-state index in [0.717, 1.165) is 6.07 Å². The van der Waals surface area contributed by atoms with E-state index in [2.05, 4.69) is 5.32 Å². The molecule has 0 aromatic heterocycles. The van der Waals surface area contributed by atoms with Gasteiger partial charge in [0.05, 0.1) is 9.92 Å². The summed E-state index contributed by atoms with van der Waals surface area (Å²) in [5, 5.41) is 2.78. The Kier molecular flexibility index (Phi) is 5.94. The van der Waals surface area contributed by atoms with Crippen molar-refractivity contribution in [2.75, 3.05) is 20.6 Å². The lowest BCUT2D eigenvalue weighted by Crippen LogP contribution is -2.30. The molecular formula is C13H20ClFN2O2S. The van der Waals surface area contributed by atoms with Crippen molar-refractivity contribution in [3.63, 3.8) is 0 Å². The van der Waals surface area contributed by atoms with E-state index in [0.29, 0.717) is 18.7 Å². The number of rotatable bonds is 6. The average molecular weight is 323 g/mol. The number of sulfonamides is 1. The fourth-order valence-electron chi connectivity index (χ4n) is 1.88. The zero-order valence-electron chi connectivity index (χ0n) is 12.1. The highest BCUT2D eigenvalue weighted by atomic mass is 35.5. The second-order valence-corrected chi connectivity index (χ2v) is 7.51. The summed E-state index contributed by atoms with van der Waals surface area (Å²) in [6.07, 6.45) is 0. The van der Waals surface area contributed by atoms with Crippen LogP contribution in [0.1, 0.15) is 19.4 Å². The van der Waals surface area contributed by atoms with Gasteiger partial charge in [-0.2, -0.15) is 0 Å².